The molecule has 0 unspecified atom stereocenters. The minimum atomic E-state index is -0.724. The zero-order chi connectivity index (χ0) is 26.5. The normalized spacial score (nSPS) is 20.3. The first-order valence-electron chi connectivity index (χ1n) is 12.8. The summed E-state index contributed by atoms with van der Waals surface area (Å²) in [4.78, 5) is 16.7. The van der Waals surface area contributed by atoms with Crippen LogP contribution in [0.15, 0.2) is 56.1 Å². The van der Waals surface area contributed by atoms with Crippen molar-refractivity contribution < 1.29 is 15.0 Å². The fraction of sp³-hybridized carbons (Fsp3) is 0.633. The Balaban J connectivity index is 2.01. The van der Waals surface area contributed by atoms with Gasteiger partial charge in [-0.1, -0.05) is 89.4 Å². The summed E-state index contributed by atoms with van der Waals surface area (Å²) in [7, 11) is 0. The smallest absolute Gasteiger partial charge is 0.309 e. The molecular weight excluding hydrogens is 472 g/mol. The zero-order valence-corrected chi connectivity index (χ0v) is 24.7. The maximum Gasteiger partial charge on any atom is 0.309 e. The molecule has 0 aromatic carbocycles. The molecule has 0 spiro atoms. The quantitative estimate of drug-likeness (QED) is 0.270. The summed E-state index contributed by atoms with van der Waals surface area (Å²) >= 11 is 3.68. The van der Waals surface area contributed by atoms with Gasteiger partial charge in [0.1, 0.15) is 0 Å². The van der Waals surface area contributed by atoms with Gasteiger partial charge in [-0.25, -0.2) is 0 Å². The van der Waals surface area contributed by atoms with Crippen LogP contribution in [0.25, 0.3) is 0 Å². The van der Waals surface area contributed by atoms with E-state index in [4.69, 9.17) is 0 Å². The number of hydrogen-bond acceptors (Lipinski definition) is 4. The van der Waals surface area contributed by atoms with E-state index >= 15 is 0 Å². The van der Waals surface area contributed by atoms with Gasteiger partial charge >= 0.3 is 5.97 Å². The maximum absolute atomic E-state index is 11.4. The Kier molecular flexibility index (Phi) is 10.2. The number of aliphatic hydroxyl groups excluding tert-OH is 1. The van der Waals surface area contributed by atoms with Crippen LogP contribution in [-0.2, 0) is 4.79 Å². The fourth-order valence-electron chi connectivity index (χ4n) is 4.27. The molecule has 2 heterocycles. The van der Waals surface area contributed by atoms with Crippen LogP contribution in [-0.4, -0.2) is 22.8 Å². The fourth-order valence-corrected chi connectivity index (χ4v) is 7.09. The molecule has 5 heteroatoms. The average molecular weight is 519 g/mol. The number of carbonyl (C=O) groups is 1. The third-order valence-corrected chi connectivity index (χ3v) is 8.66. The lowest BCUT2D eigenvalue weighted by molar-refractivity contribution is -0.147. The average Bonchev–Trinajstić information content (AvgIpc) is 2.70. The van der Waals surface area contributed by atoms with Gasteiger partial charge in [-0.15, -0.1) is 0 Å². The molecule has 2 aliphatic heterocycles. The third-order valence-electron chi connectivity index (χ3n) is 6.51. The van der Waals surface area contributed by atoms with E-state index in [0.717, 1.165) is 32.1 Å². The van der Waals surface area contributed by atoms with Crippen molar-refractivity contribution in [3.63, 3.8) is 0 Å². The van der Waals surface area contributed by atoms with Crippen LogP contribution in [0.5, 0.6) is 0 Å². The van der Waals surface area contributed by atoms with Crippen molar-refractivity contribution in [2.24, 2.45) is 21.7 Å². The molecule has 0 aliphatic carbocycles. The number of aliphatic carboxylic acids is 1. The van der Waals surface area contributed by atoms with Gasteiger partial charge in [-0.05, 0) is 79.7 Å². The van der Waals surface area contributed by atoms with Gasteiger partial charge in [-0.2, -0.15) is 0 Å². The lowest BCUT2D eigenvalue weighted by Gasteiger charge is -2.27. The summed E-state index contributed by atoms with van der Waals surface area (Å²) in [6, 6.07) is 0. The highest BCUT2D eigenvalue weighted by Gasteiger charge is 2.27. The number of hydrogen-bond donors (Lipinski definition) is 2. The van der Waals surface area contributed by atoms with Crippen LogP contribution < -0.4 is 0 Å². The molecule has 0 atom stereocenters. The Morgan fingerprint density at radius 1 is 0.829 bits per heavy atom. The lowest BCUT2D eigenvalue weighted by Crippen LogP contribution is -2.23. The number of aliphatic hydroxyl groups is 1. The lowest BCUT2D eigenvalue weighted by atomic mass is 9.86. The molecule has 2 aliphatic rings. The summed E-state index contributed by atoms with van der Waals surface area (Å²) in [6.45, 7) is 17.1. The Bertz CT molecular complexity index is 927. The van der Waals surface area contributed by atoms with Crippen LogP contribution in [0, 0.1) is 21.7 Å². The van der Waals surface area contributed by atoms with Gasteiger partial charge in [0.2, 0.25) is 0 Å². The number of allylic oxidation sites excluding steroid dienone is 8. The van der Waals surface area contributed by atoms with Gasteiger partial charge in [-0.3, -0.25) is 4.79 Å². The Hall–Kier alpha value is -1.17. The summed E-state index contributed by atoms with van der Waals surface area (Å²) in [5.41, 5.74) is -0.673. The highest BCUT2D eigenvalue weighted by Crippen LogP contribution is 2.44. The molecule has 3 nitrogen and oxygen atoms in total. The molecule has 0 bridgehead atoms. The Morgan fingerprint density at radius 3 is 1.66 bits per heavy atom. The molecule has 2 rings (SSSR count). The van der Waals surface area contributed by atoms with Gasteiger partial charge < -0.3 is 10.2 Å². The number of thioether (sulfide) groups is 2. The van der Waals surface area contributed by atoms with E-state index in [1.165, 1.54) is 19.6 Å². The van der Waals surface area contributed by atoms with Crippen LogP contribution in [0.4, 0.5) is 0 Å². The molecule has 0 fully saturated rings. The third kappa shape index (κ3) is 10.4. The van der Waals surface area contributed by atoms with Crippen LogP contribution in [0.1, 0.15) is 93.9 Å². The second kappa shape index (κ2) is 11.9. The first-order chi connectivity index (χ1) is 16.0. The van der Waals surface area contributed by atoms with E-state index in [9.17, 15) is 15.0 Å². The predicted octanol–water partition coefficient (Wildman–Crippen LogP) is 9.09. The van der Waals surface area contributed by atoms with E-state index in [0.29, 0.717) is 6.42 Å². The molecule has 0 radical (unpaired) electrons. The molecule has 196 valence electrons. The Labute approximate surface area is 222 Å². The largest absolute Gasteiger partial charge is 0.481 e. The topological polar surface area (TPSA) is 57.5 Å². The van der Waals surface area contributed by atoms with Gasteiger partial charge in [0.15, 0.2) is 0 Å². The van der Waals surface area contributed by atoms with Crippen molar-refractivity contribution in [2.75, 3.05) is 6.61 Å². The molecule has 0 aromatic heterocycles. The highest BCUT2D eigenvalue weighted by atomic mass is 32.2. The first-order valence-corrected chi connectivity index (χ1v) is 14.4. The minimum Gasteiger partial charge on any atom is -0.481 e. The molecule has 2 N–H and O–H groups in total. The molecule has 0 aromatic rings. The van der Waals surface area contributed by atoms with Crippen LogP contribution in [0.3, 0.4) is 0 Å². The summed E-state index contributed by atoms with van der Waals surface area (Å²) in [5.74, 6) is -0.724. The van der Waals surface area contributed by atoms with E-state index in [1.807, 2.05) is 37.4 Å². The monoisotopic (exact) mass is 518 g/mol. The Morgan fingerprint density at radius 2 is 1.26 bits per heavy atom. The number of rotatable bonds is 12. The summed E-state index contributed by atoms with van der Waals surface area (Å²) in [5, 5.41) is 18.9. The summed E-state index contributed by atoms with van der Waals surface area (Å²) < 4.78 is 0. The van der Waals surface area contributed by atoms with Crippen molar-refractivity contribution in [3.8, 4) is 0 Å². The van der Waals surface area contributed by atoms with Crippen molar-refractivity contribution in [1.29, 1.82) is 0 Å². The van der Waals surface area contributed by atoms with E-state index in [-0.39, 0.29) is 22.9 Å². The zero-order valence-electron chi connectivity index (χ0n) is 23.0. The van der Waals surface area contributed by atoms with Crippen molar-refractivity contribution in [1.82, 2.24) is 0 Å². The highest BCUT2D eigenvalue weighted by molar-refractivity contribution is 8.07. The van der Waals surface area contributed by atoms with Crippen LogP contribution >= 0.6 is 23.5 Å². The van der Waals surface area contributed by atoms with Gasteiger partial charge in [0, 0.05) is 27.2 Å². The predicted molar refractivity (Wildman–Crippen MR) is 154 cm³/mol. The maximum atomic E-state index is 11.4. The standard InChI is InChI=1S/C30H46O3S2/c1-27(2,21-31)15-9-11-22-17-28(3,4)19-24(34-22)13-14-25-20-29(5,6)18-23(35-25)12-10-16-30(7,8)26(32)33/h13-14,17-20,31H,9-12,15-16,21H2,1-8H3,(H,32,33)/b14-13+. The molecule has 0 amide bonds. The molecule has 0 saturated heterocycles. The van der Waals surface area contributed by atoms with Crippen molar-refractivity contribution in [3.05, 3.63) is 56.1 Å². The van der Waals surface area contributed by atoms with E-state index < -0.39 is 11.4 Å². The van der Waals surface area contributed by atoms with E-state index in [1.54, 1.807) is 0 Å². The van der Waals surface area contributed by atoms with Crippen LogP contribution in [0.2, 0.25) is 0 Å². The second-order valence-electron chi connectivity index (χ2n) is 12.7. The molecule has 0 saturated carbocycles. The minimum absolute atomic E-state index is 0.0134. The van der Waals surface area contributed by atoms with E-state index in [2.05, 4.69) is 78.0 Å². The SMILES string of the molecule is CC1(C)C=C(/C=C/C2=CC(C)(C)C=C(CCCC(C)(C)C(=O)O)S2)SC(CCCC(C)(C)CO)=C1. The molecule has 35 heavy (non-hydrogen) atoms. The second-order valence-corrected chi connectivity index (χ2v) is 15.1. The number of carboxylic acids is 1. The van der Waals surface area contributed by atoms with Crippen molar-refractivity contribution >= 4 is 29.5 Å². The van der Waals surface area contributed by atoms with Gasteiger partial charge in [0.05, 0.1) is 5.41 Å². The first kappa shape index (κ1) is 30.1. The van der Waals surface area contributed by atoms with Gasteiger partial charge in [0.25, 0.3) is 0 Å². The number of carboxylic acid groups (broad SMARTS) is 1. The summed E-state index contributed by atoms with van der Waals surface area (Å²) in [6.07, 6.45) is 19.5. The van der Waals surface area contributed by atoms with Crippen molar-refractivity contribution in [2.45, 2.75) is 93.9 Å². The molecular formula is C30H46O3S2.